The van der Waals surface area contributed by atoms with Crippen LogP contribution in [0.15, 0.2) is 30.3 Å². The number of benzene rings is 1. The first-order chi connectivity index (χ1) is 12.1. The number of ether oxygens (including phenoxy) is 1. The number of nitro groups is 1. The number of rotatable bonds is 8. The minimum Gasteiger partial charge on any atom is -0.465 e. The molecule has 0 N–H and O–H groups in total. The first-order valence-electron chi connectivity index (χ1n) is 8.66. The molecule has 0 bridgehead atoms. The van der Waals surface area contributed by atoms with Gasteiger partial charge in [0.2, 0.25) is 0 Å². The quantitative estimate of drug-likeness (QED) is 0.233. The predicted molar refractivity (Wildman–Crippen MR) is 93.9 cm³/mol. The first kappa shape index (κ1) is 18.8. The minimum atomic E-state index is -0.548. The molecule has 0 unspecified atom stereocenters. The average molecular weight is 345 g/mol. The van der Waals surface area contributed by atoms with E-state index in [-0.39, 0.29) is 12.1 Å². The zero-order chi connectivity index (χ0) is 18.1. The molecule has 0 atom stereocenters. The topological polar surface area (TPSA) is 86.5 Å². The van der Waals surface area contributed by atoms with Crippen LogP contribution in [0.2, 0.25) is 0 Å². The maximum Gasteiger partial charge on any atom is 0.313 e. The molecule has 6 nitrogen and oxygen atoms in total. The van der Waals surface area contributed by atoms with Gasteiger partial charge in [-0.2, -0.15) is 0 Å². The number of allylic oxidation sites excluding steroid dienone is 1. The number of nitrogens with zero attached hydrogens (tertiary/aromatic N) is 1. The third-order valence-corrected chi connectivity index (χ3v) is 4.41. The number of ketones is 1. The Labute approximate surface area is 147 Å². The van der Waals surface area contributed by atoms with Gasteiger partial charge in [-0.25, -0.2) is 0 Å². The number of para-hydroxylation sites is 1. The van der Waals surface area contributed by atoms with Gasteiger partial charge in [-0.3, -0.25) is 19.7 Å². The van der Waals surface area contributed by atoms with Crippen LogP contribution in [0, 0.1) is 16.0 Å². The fraction of sp³-hybridized carbons (Fsp3) is 0.474. The van der Waals surface area contributed by atoms with Gasteiger partial charge in [0.1, 0.15) is 6.42 Å². The van der Waals surface area contributed by atoms with E-state index in [1.807, 2.05) is 0 Å². The van der Waals surface area contributed by atoms with Gasteiger partial charge in [-0.1, -0.05) is 44.2 Å². The molecule has 25 heavy (non-hydrogen) atoms. The number of hydrogen-bond donors (Lipinski definition) is 0. The van der Waals surface area contributed by atoms with E-state index in [1.165, 1.54) is 50.3 Å². The summed E-state index contributed by atoms with van der Waals surface area (Å²) in [5.74, 6) is -0.357. The van der Waals surface area contributed by atoms with Gasteiger partial charge in [0.05, 0.1) is 17.1 Å². The highest BCUT2D eigenvalue weighted by Gasteiger charge is 2.15. The predicted octanol–water partition coefficient (Wildman–Crippen LogP) is 4.08. The zero-order valence-electron chi connectivity index (χ0n) is 14.2. The van der Waals surface area contributed by atoms with Crippen LogP contribution >= 0.6 is 0 Å². The van der Waals surface area contributed by atoms with Gasteiger partial charge in [-0.05, 0) is 30.6 Å². The van der Waals surface area contributed by atoms with E-state index in [9.17, 15) is 19.7 Å². The largest absolute Gasteiger partial charge is 0.465 e. The Balaban J connectivity index is 1.75. The molecule has 0 heterocycles. The molecule has 0 aliphatic heterocycles. The molecule has 6 heteroatoms. The Hall–Kier alpha value is -2.50. The van der Waals surface area contributed by atoms with Gasteiger partial charge < -0.3 is 4.74 Å². The number of nitro benzene ring substituents is 1. The molecule has 0 spiro atoms. The lowest BCUT2D eigenvalue weighted by Gasteiger charge is -2.20. The van der Waals surface area contributed by atoms with Crippen LogP contribution in [0.25, 0.3) is 6.08 Å². The summed E-state index contributed by atoms with van der Waals surface area (Å²) in [4.78, 5) is 33.9. The second-order valence-corrected chi connectivity index (χ2v) is 6.31. The van der Waals surface area contributed by atoms with Gasteiger partial charge in [0.15, 0.2) is 5.78 Å². The van der Waals surface area contributed by atoms with Gasteiger partial charge in [0.25, 0.3) is 5.69 Å². The average Bonchev–Trinajstić information content (AvgIpc) is 2.61. The number of carbonyl (C=O) groups is 2. The molecule has 1 aliphatic carbocycles. The van der Waals surface area contributed by atoms with Crippen LogP contribution in [0.5, 0.6) is 0 Å². The summed E-state index contributed by atoms with van der Waals surface area (Å²) in [6.45, 7) is 0.352. The van der Waals surface area contributed by atoms with E-state index >= 15 is 0 Å². The number of hydrogen-bond acceptors (Lipinski definition) is 5. The summed E-state index contributed by atoms with van der Waals surface area (Å²) in [7, 11) is 0. The summed E-state index contributed by atoms with van der Waals surface area (Å²) >= 11 is 0. The highest BCUT2D eigenvalue weighted by Crippen LogP contribution is 2.26. The molecule has 0 amide bonds. The van der Waals surface area contributed by atoms with Crippen LogP contribution in [0.4, 0.5) is 5.69 Å². The maximum atomic E-state index is 11.8. The Morgan fingerprint density at radius 3 is 2.64 bits per heavy atom. The van der Waals surface area contributed by atoms with Crippen molar-refractivity contribution in [1.82, 2.24) is 0 Å². The Morgan fingerprint density at radius 2 is 1.92 bits per heavy atom. The molecular weight excluding hydrogens is 322 g/mol. The SMILES string of the molecule is O=C(C=Cc1ccccc1[N+](=O)[O-])CC(=O)OCCC1CCCCC1. The van der Waals surface area contributed by atoms with Crippen LogP contribution in [0.1, 0.15) is 50.5 Å². The summed E-state index contributed by atoms with van der Waals surface area (Å²) < 4.78 is 5.13. The van der Waals surface area contributed by atoms with Crippen molar-refractivity contribution in [2.45, 2.75) is 44.9 Å². The van der Waals surface area contributed by atoms with Crippen LogP contribution < -0.4 is 0 Å². The highest BCUT2D eigenvalue weighted by molar-refractivity contribution is 6.04. The van der Waals surface area contributed by atoms with Gasteiger partial charge in [-0.15, -0.1) is 0 Å². The molecule has 0 aromatic heterocycles. The summed E-state index contributed by atoms with van der Waals surface area (Å²) in [6, 6.07) is 6.12. The van der Waals surface area contributed by atoms with Crippen molar-refractivity contribution >= 4 is 23.5 Å². The first-order valence-corrected chi connectivity index (χ1v) is 8.66. The van der Waals surface area contributed by atoms with Crippen molar-refractivity contribution in [2.24, 2.45) is 5.92 Å². The van der Waals surface area contributed by atoms with E-state index in [0.717, 1.165) is 6.42 Å². The monoisotopic (exact) mass is 345 g/mol. The third kappa shape index (κ3) is 6.49. The minimum absolute atomic E-state index is 0.0818. The van der Waals surface area contributed by atoms with Crippen molar-refractivity contribution in [3.8, 4) is 0 Å². The molecular formula is C19H23NO5. The van der Waals surface area contributed by atoms with Crippen molar-refractivity contribution in [1.29, 1.82) is 0 Å². The fourth-order valence-electron chi connectivity index (χ4n) is 3.04. The van der Waals surface area contributed by atoms with Crippen molar-refractivity contribution in [3.63, 3.8) is 0 Å². The highest BCUT2D eigenvalue weighted by atomic mass is 16.6. The number of esters is 1. The summed E-state index contributed by atoms with van der Waals surface area (Å²) in [6.07, 6.45) is 9.20. The second-order valence-electron chi connectivity index (χ2n) is 6.31. The molecule has 1 aliphatic rings. The van der Waals surface area contributed by atoms with Gasteiger partial charge >= 0.3 is 5.97 Å². The van der Waals surface area contributed by atoms with E-state index < -0.39 is 16.7 Å². The van der Waals surface area contributed by atoms with E-state index in [0.29, 0.717) is 18.1 Å². The normalized spacial score (nSPS) is 15.2. The Bertz CT molecular complexity index is 647. The van der Waals surface area contributed by atoms with Crippen molar-refractivity contribution in [3.05, 3.63) is 46.0 Å². The molecule has 134 valence electrons. The molecule has 1 fully saturated rings. The lowest BCUT2D eigenvalue weighted by molar-refractivity contribution is -0.385. The smallest absolute Gasteiger partial charge is 0.313 e. The Kier molecular flexibility index (Phi) is 7.32. The molecule has 1 aromatic carbocycles. The molecule has 1 saturated carbocycles. The van der Waals surface area contributed by atoms with Crippen LogP contribution in [0.3, 0.4) is 0 Å². The third-order valence-electron chi connectivity index (χ3n) is 4.41. The number of carbonyl (C=O) groups excluding carboxylic acids is 2. The van der Waals surface area contributed by atoms with Crippen LogP contribution in [-0.2, 0) is 14.3 Å². The van der Waals surface area contributed by atoms with Crippen molar-refractivity contribution in [2.75, 3.05) is 6.61 Å². The van der Waals surface area contributed by atoms with E-state index in [1.54, 1.807) is 18.2 Å². The standard InChI is InChI=1S/C19H23NO5/c21-17(11-10-16-8-4-5-9-18(16)20(23)24)14-19(22)25-13-12-15-6-2-1-3-7-15/h4-5,8-11,15H,1-3,6-7,12-14H2. The molecule has 1 aromatic rings. The zero-order valence-corrected chi connectivity index (χ0v) is 14.2. The van der Waals surface area contributed by atoms with Crippen molar-refractivity contribution < 1.29 is 19.2 Å². The summed E-state index contributed by atoms with van der Waals surface area (Å²) in [5, 5.41) is 10.9. The molecule has 0 saturated heterocycles. The Morgan fingerprint density at radius 1 is 1.20 bits per heavy atom. The van der Waals surface area contributed by atoms with E-state index in [4.69, 9.17) is 4.74 Å². The molecule has 2 rings (SSSR count). The van der Waals surface area contributed by atoms with E-state index in [2.05, 4.69) is 0 Å². The van der Waals surface area contributed by atoms with Gasteiger partial charge in [0, 0.05) is 6.07 Å². The molecule has 0 radical (unpaired) electrons. The summed E-state index contributed by atoms with van der Waals surface area (Å²) in [5.41, 5.74) is 0.244. The second kappa shape index (κ2) is 9.71. The fourth-order valence-corrected chi connectivity index (χ4v) is 3.04. The lowest BCUT2D eigenvalue weighted by atomic mass is 9.87. The maximum absolute atomic E-state index is 11.8. The lowest BCUT2D eigenvalue weighted by Crippen LogP contribution is -2.14. The van der Waals surface area contributed by atoms with Crippen LogP contribution in [-0.4, -0.2) is 23.3 Å².